The van der Waals surface area contributed by atoms with E-state index in [9.17, 15) is 14.9 Å². The third-order valence-electron chi connectivity index (χ3n) is 5.44. The number of nitrogens with zero attached hydrogens (tertiary/aromatic N) is 2. The molecule has 1 aliphatic rings. The Morgan fingerprint density at radius 2 is 1.59 bits per heavy atom. The van der Waals surface area contributed by atoms with Gasteiger partial charge < -0.3 is 5.32 Å². The maximum absolute atomic E-state index is 13.5. The zero-order valence-electron chi connectivity index (χ0n) is 18.7. The van der Waals surface area contributed by atoms with Crippen LogP contribution in [0.5, 0.6) is 0 Å². The normalized spacial score (nSPS) is 16.8. The monoisotopic (exact) mass is 487 g/mol. The zero-order chi connectivity index (χ0) is 24.2. The number of aryl methyl sites for hydroxylation is 2. The fourth-order valence-corrected chi connectivity index (χ4v) is 5.02. The molecule has 3 aromatic rings. The minimum Gasteiger partial charge on any atom is -0.321 e. The van der Waals surface area contributed by atoms with E-state index in [1.807, 2.05) is 68.4 Å². The summed E-state index contributed by atoms with van der Waals surface area (Å²) in [7, 11) is 0. The lowest BCUT2D eigenvalue weighted by Gasteiger charge is -2.19. The second kappa shape index (κ2) is 10.2. The number of hydrogen-bond donors (Lipinski definition) is 1. The minimum absolute atomic E-state index is 0.111. The summed E-state index contributed by atoms with van der Waals surface area (Å²) < 4.78 is 0. The molecule has 1 heterocycles. The fraction of sp³-hybridized carbons (Fsp3) is 0.148. The van der Waals surface area contributed by atoms with Gasteiger partial charge in [0.15, 0.2) is 0 Å². The summed E-state index contributed by atoms with van der Waals surface area (Å²) in [5.74, 6) is -0.732. The first-order valence-corrected chi connectivity index (χ1v) is 12.0. The second-order valence-corrected chi connectivity index (χ2v) is 9.69. The number of carbonyl (C=O) groups excluding carboxylic acids is 2. The second-order valence-electron chi connectivity index (χ2n) is 8.06. The Balaban J connectivity index is 1.71. The highest BCUT2D eigenvalue weighted by atomic mass is 35.5. The molecule has 1 fully saturated rings. The predicted molar refractivity (Wildman–Crippen MR) is 138 cm³/mol. The van der Waals surface area contributed by atoms with Crippen molar-refractivity contribution in [3.63, 3.8) is 0 Å². The van der Waals surface area contributed by atoms with Crippen molar-refractivity contribution in [3.8, 4) is 6.07 Å². The van der Waals surface area contributed by atoms with Crippen LogP contribution in [0.15, 0.2) is 83.4 Å². The van der Waals surface area contributed by atoms with Crippen LogP contribution in [0.25, 0.3) is 0 Å². The molecule has 7 heteroatoms. The van der Waals surface area contributed by atoms with Gasteiger partial charge in [-0.1, -0.05) is 70.9 Å². The van der Waals surface area contributed by atoms with E-state index in [0.29, 0.717) is 27.8 Å². The third-order valence-corrected chi connectivity index (χ3v) is 6.96. The maximum Gasteiger partial charge on any atom is 0.269 e. The van der Waals surface area contributed by atoms with Gasteiger partial charge in [0, 0.05) is 16.4 Å². The third kappa shape index (κ3) is 5.17. The smallest absolute Gasteiger partial charge is 0.269 e. The minimum atomic E-state index is -0.576. The van der Waals surface area contributed by atoms with E-state index in [-0.39, 0.29) is 11.5 Å². The summed E-state index contributed by atoms with van der Waals surface area (Å²) in [5, 5.41) is 13.1. The van der Waals surface area contributed by atoms with Gasteiger partial charge in [0.05, 0.1) is 5.25 Å². The van der Waals surface area contributed by atoms with Crippen molar-refractivity contribution in [3.05, 3.63) is 105 Å². The van der Waals surface area contributed by atoms with Crippen LogP contribution in [-0.2, 0) is 16.0 Å². The van der Waals surface area contributed by atoms with Crippen LogP contribution in [0.2, 0.25) is 5.02 Å². The topological polar surface area (TPSA) is 73.2 Å². The number of halogens is 1. The number of nitrogens with one attached hydrogen (secondary N) is 1. The molecule has 170 valence electrons. The average Bonchev–Trinajstić information content (AvgIpc) is 3.13. The highest BCUT2D eigenvalue weighted by Crippen LogP contribution is 2.42. The number of anilines is 2. The van der Waals surface area contributed by atoms with Gasteiger partial charge in [-0.2, -0.15) is 5.26 Å². The van der Waals surface area contributed by atoms with Gasteiger partial charge >= 0.3 is 0 Å². The van der Waals surface area contributed by atoms with Crippen molar-refractivity contribution >= 4 is 46.6 Å². The molecule has 0 bridgehead atoms. The molecular formula is C27H22ClN3O2S. The lowest BCUT2D eigenvalue weighted by Crippen LogP contribution is -2.30. The van der Waals surface area contributed by atoms with Crippen molar-refractivity contribution in [2.45, 2.75) is 25.5 Å². The van der Waals surface area contributed by atoms with E-state index in [1.165, 1.54) is 16.7 Å². The van der Waals surface area contributed by atoms with E-state index in [4.69, 9.17) is 11.6 Å². The molecule has 5 nitrogen and oxygen atoms in total. The number of nitriles is 1. The van der Waals surface area contributed by atoms with Crippen LogP contribution in [0.1, 0.15) is 16.7 Å². The summed E-state index contributed by atoms with van der Waals surface area (Å²) >= 11 is 7.18. The molecular weight excluding hydrogens is 466 g/mol. The maximum atomic E-state index is 13.5. The first-order valence-electron chi connectivity index (χ1n) is 10.7. The first-order chi connectivity index (χ1) is 16.4. The standard InChI is InChI=1S/C27H22ClN3O2S/c1-17-3-7-19(8-4-17)15-24-26(33)31(22-13-5-18(2)6-14-22)27(34-24)23(16-29)25(32)30-21-11-9-20(28)10-12-21/h3-14,24H,15H2,1-2H3,(H,30,32)/b27-23-. The molecule has 1 aliphatic heterocycles. The Kier molecular flexibility index (Phi) is 7.06. The van der Waals surface area contributed by atoms with Gasteiger partial charge in [-0.15, -0.1) is 0 Å². The molecule has 4 rings (SSSR count). The summed E-state index contributed by atoms with van der Waals surface area (Å²) in [5.41, 5.74) is 4.23. The van der Waals surface area contributed by atoms with E-state index in [2.05, 4.69) is 5.32 Å². The molecule has 0 spiro atoms. The largest absolute Gasteiger partial charge is 0.321 e. The summed E-state index contributed by atoms with van der Waals surface area (Å²) in [4.78, 5) is 28.1. The predicted octanol–water partition coefficient (Wildman–Crippen LogP) is 6.02. The first kappa shape index (κ1) is 23.6. The molecule has 0 aliphatic carbocycles. The zero-order valence-corrected chi connectivity index (χ0v) is 20.3. The van der Waals surface area contributed by atoms with Crippen molar-refractivity contribution < 1.29 is 9.59 Å². The lowest BCUT2D eigenvalue weighted by molar-refractivity contribution is -0.117. The summed E-state index contributed by atoms with van der Waals surface area (Å²) in [6, 6.07) is 24.1. The van der Waals surface area contributed by atoms with Gasteiger partial charge in [-0.05, 0) is 62.2 Å². The molecule has 34 heavy (non-hydrogen) atoms. The highest BCUT2D eigenvalue weighted by molar-refractivity contribution is 8.05. The molecule has 1 atom stereocenters. The van der Waals surface area contributed by atoms with Crippen LogP contribution < -0.4 is 10.2 Å². The fourth-order valence-electron chi connectivity index (χ4n) is 3.58. The molecule has 0 saturated carbocycles. The highest BCUT2D eigenvalue weighted by Gasteiger charge is 2.40. The Labute approximate surface area is 208 Å². The van der Waals surface area contributed by atoms with Crippen molar-refractivity contribution in [2.75, 3.05) is 10.2 Å². The Hall–Kier alpha value is -3.53. The van der Waals surface area contributed by atoms with Crippen LogP contribution >= 0.6 is 23.4 Å². The molecule has 2 amide bonds. The van der Waals surface area contributed by atoms with Crippen LogP contribution in [-0.4, -0.2) is 17.1 Å². The van der Waals surface area contributed by atoms with Crippen LogP contribution in [0, 0.1) is 25.2 Å². The molecule has 1 unspecified atom stereocenters. The number of hydrogen-bond acceptors (Lipinski definition) is 4. The van der Waals surface area contributed by atoms with Gasteiger partial charge in [0.2, 0.25) is 5.91 Å². The Morgan fingerprint density at radius 1 is 1.00 bits per heavy atom. The quantitative estimate of drug-likeness (QED) is 0.352. The van der Waals surface area contributed by atoms with Crippen molar-refractivity contribution in [1.29, 1.82) is 5.26 Å². The van der Waals surface area contributed by atoms with Crippen molar-refractivity contribution in [2.24, 2.45) is 0 Å². The molecule has 0 aromatic heterocycles. The van der Waals surface area contributed by atoms with Gasteiger partial charge in [0.25, 0.3) is 5.91 Å². The van der Waals surface area contributed by atoms with Crippen LogP contribution in [0.3, 0.4) is 0 Å². The average molecular weight is 488 g/mol. The van der Waals surface area contributed by atoms with E-state index in [1.54, 1.807) is 24.3 Å². The van der Waals surface area contributed by atoms with Gasteiger partial charge in [-0.25, -0.2) is 0 Å². The van der Waals surface area contributed by atoms with Crippen molar-refractivity contribution in [1.82, 2.24) is 0 Å². The lowest BCUT2D eigenvalue weighted by atomic mass is 10.1. The number of amides is 2. The Bertz CT molecular complexity index is 1290. The molecule has 1 saturated heterocycles. The van der Waals surface area contributed by atoms with Gasteiger partial charge in [-0.3, -0.25) is 14.5 Å². The summed E-state index contributed by atoms with van der Waals surface area (Å²) in [6.07, 6.45) is 0.493. The molecule has 1 N–H and O–H groups in total. The number of rotatable bonds is 5. The summed E-state index contributed by atoms with van der Waals surface area (Å²) in [6.45, 7) is 3.97. The Morgan fingerprint density at radius 3 is 2.18 bits per heavy atom. The van der Waals surface area contributed by atoms with E-state index < -0.39 is 11.2 Å². The molecule has 3 aromatic carbocycles. The number of carbonyl (C=O) groups is 2. The number of benzene rings is 3. The number of thioether (sulfide) groups is 1. The van der Waals surface area contributed by atoms with Crippen LogP contribution in [0.4, 0.5) is 11.4 Å². The molecule has 0 radical (unpaired) electrons. The SMILES string of the molecule is Cc1ccc(CC2S/C(=C(/C#N)C(=O)Nc3ccc(Cl)cc3)N(c3ccc(C)cc3)C2=O)cc1. The van der Waals surface area contributed by atoms with Gasteiger partial charge in [0.1, 0.15) is 16.7 Å². The van der Waals surface area contributed by atoms with E-state index >= 15 is 0 Å². The van der Waals surface area contributed by atoms with E-state index in [0.717, 1.165) is 16.7 Å².